The van der Waals surface area contributed by atoms with Crippen LogP contribution in [0.4, 0.5) is 17.6 Å². The van der Waals surface area contributed by atoms with Crippen LogP contribution in [0.2, 0.25) is 0 Å². The first-order valence-electron chi connectivity index (χ1n) is 3.92. The van der Waals surface area contributed by atoms with Crippen molar-refractivity contribution in [1.82, 2.24) is 4.98 Å². The van der Waals surface area contributed by atoms with E-state index in [2.05, 4.69) is 9.72 Å². The lowest BCUT2D eigenvalue weighted by Gasteiger charge is -2.13. The molecule has 90 valence electrons. The first-order valence-corrected chi connectivity index (χ1v) is 5.00. The number of pyridine rings is 1. The maximum absolute atomic E-state index is 12.6. The predicted molar refractivity (Wildman–Crippen MR) is 55.0 cm³/mol. The molecule has 16 heavy (non-hydrogen) atoms. The van der Waals surface area contributed by atoms with Crippen LogP contribution in [0, 0.1) is 3.57 Å². The number of aromatic nitrogens is 1. The summed E-state index contributed by atoms with van der Waals surface area (Å²) in [4.78, 5) is 3.52. The van der Waals surface area contributed by atoms with Crippen LogP contribution < -0.4 is 9.47 Å². The number of hydrogen-bond donors (Lipinski definition) is 0. The summed E-state index contributed by atoms with van der Waals surface area (Å²) in [7, 11) is 1.25. The van der Waals surface area contributed by atoms with Gasteiger partial charge in [0.05, 0.1) is 22.4 Å². The highest BCUT2D eigenvalue weighted by Crippen LogP contribution is 2.33. The molecule has 0 aliphatic heterocycles. The largest absolute Gasteiger partial charge is 0.573 e. The van der Waals surface area contributed by atoms with Crippen LogP contribution in [-0.2, 0) is 6.67 Å². The molecule has 0 aliphatic rings. The van der Waals surface area contributed by atoms with Crippen molar-refractivity contribution in [2.45, 2.75) is 13.0 Å². The van der Waals surface area contributed by atoms with E-state index in [0.717, 1.165) is 6.20 Å². The van der Waals surface area contributed by atoms with Crippen molar-refractivity contribution in [3.63, 3.8) is 0 Å². The molecule has 0 radical (unpaired) electrons. The van der Waals surface area contributed by atoms with Gasteiger partial charge in [0.25, 0.3) is 0 Å². The molecule has 0 bridgehead atoms. The third kappa shape index (κ3) is 3.09. The van der Waals surface area contributed by atoms with Gasteiger partial charge >= 0.3 is 6.36 Å². The van der Waals surface area contributed by atoms with E-state index >= 15 is 0 Å². The van der Waals surface area contributed by atoms with Gasteiger partial charge in [-0.3, -0.25) is 0 Å². The number of ether oxygens (including phenoxy) is 2. The summed E-state index contributed by atoms with van der Waals surface area (Å²) in [5.41, 5.74) is -0.0650. The van der Waals surface area contributed by atoms with E-state index in [1.54, 1.807) is 22.6 Å². The molecule has 0 aliphatic carbocycles. The van der Waals surface area contributed by atoms with Crippen molar-refractivity contribution in [3.8, 4) is 11.6 Å². The molecule has 1 aromatic heterocycles. The van der Waals surface area contributed by atoms with Crippen LogP contribution >= 0.6 is 22.6 Å². The van der Waals surface area contributed by atoms with Gasteiger partial charge in [0.15, 0.2) is 5.75 Å². The van der Waals surface area contributed by atoms with Gasteiger partial charge in [-0.2, -0.15) is 0 Å². The Labute approximate surface area is 102 Å². The summed E-state index contributed by atoms with van der Waals surface area (Å²) < 4.78 is 56.9. The highest BCUT2D eigenvalue weighted by molar-refractivity contribution is 14.1. The molecule has 0 aromatic carbocycles. The number of rotatable bonds is 3. The molecule has 0 fully saturated rings. The minimum Gasteiger partial charge on any atom is -0.481 e. The second-order valence-corrected chi connectivity index (χ2v) is 3.68. The molecule has 0 spiro atoms. The molecule has 1 rings (SSSR count). The smallest absolute Gasteiger partial charge is 0.481 e. The van der Waals surface area contributed by atoms with E-state index in [0.29, 0.717) is 0 Å². The van der Waals surface area contributed by atoms with Crippen LogP contribution in [0.25, 0.3) is 0 Å². The normalized spacial score (nSPS) is 11.4. The number of halogens is 5. The third-order valence-electron chi connectivity index (χ3n) is 1.59. The van der Waals surface area contributed by atoms with Gasteiger partial charge in [-0.05, 0) is 22.6 Å². The molecular weight excluding hydrogens is 345 g/mol. The van der Waals surface area contributed by atoms with Crippen LogP contribution in [0.3, 0.4) is 0 Å². The maximum Gasteiger partial charge on any atom is 0.573 e. The van der Waals surface area contributed by atoms with Crippen molar-refractivity contribution in [3.05, 3.63) is 15.3 Å². The second kappa shape index (κ2) is 5.02. The van der Waals surface area contributed by atoms with Crippen LogP contribution in [0.1, 0.15) is 5.56 Å². The SMILES string of the molecule is COc1ncc(OC(F)(F)F)c(I)c1CF. The summed E-state index contributed by atoms with van der Waals surface area (Å²) in [6.45, 7) is -0.983. The van der Waals surface area contributed by atoms with E-state index in [4.69, 9.17) is 4.74 Å². The maximum atomic E-state index is 12.6. The molecule has 0 saturated carbocycles. The number of hydrogen-bond acceptors (Lipinski definition) is 3. The molecule has 3 nitrogen and oxygen atoms in total. The van der Waals surface area contributed by atoms with Crippen molar-refractivity contribution < 1.29 is 27.0 Å². The molecule has 0 saturated heterocycles. The van der Waals surface area contributed by atoms with Crippen molar-refractivity contribution >= 4 is 22.6 Å². The quantitative estimate of drug-likeness (QED) is 0.620. The van der Waals surface area contributed by atoms with Crippen molar-refractivity contribution in [2.24, 2.45) is 0 Å². The second-order valence-electron chi connectivity index (χ2n) is 2.61. The zero-order valence-electron chi connectivity index (χ0n) is 7.94. The predicted octanol–water partition coefficient (Wildman–Crippen LogP) is 3.06. The van der Waals surface area contributed by atoms with E-state index < -0.39 is 18.8 Å². The monoisotopic (exact) mass is 351 g/mol. The zero-order chi connectivity index (χ0) is 12.3. The van der Waals surface area contributed by atoms with Crippen molar-refractivity contribution in [2.75, 3.05) is 7.11 Å². The van der Waals surface area contributed by atoms with E-state index in [9.17, 15) is 17.6 Å². The Morgan fingerprint density at radius 1 is 1.44 bits per heavy atom. The van der Waals surface area contributed by atoms with Gasteiger partial charge < -0.3 is 9.47 Å². The highest BCUT2D eigenvalue weighted by atomic mass is 127. The minimum atomic E-state index is -4.83. The fourth-order valence-electron chi connectivity index (χ4n) is 0.982. The lowest BCUT2D eigenvalue weighted by molar-refractivity contribution is -0.275. The summed E-state index contributed by atoms with van der Waals surface area (Å²) in [5, 5.41) is 0. The topological polar surface area (TPSA) is 31.4 Å². The zero-order valence-corrected chi connectivity index (χ0v) is 10.1. The Morgan fingerprint density at radius 2 is 2.06 bits per heavy atom. The fraction of sp³-hybridized carbons (Fsp3) is 0.375. The summed E-state index contributed by atoms with van der Waals surface area (Å²) in [6.07, 6.45) is -3.99. The molecular formula is C8H6F4INO2. The Bertz CT molecular complexity index is 383. The van der Waals surface area contributed by atoms with Gasteiger partial charge in [-0.1, -0.05) is 0 Å². The molecule has 0 amide bonds. The number of alkyl halides is 4. The molecule has 8 heteroatoms. The molecule has 1 aromatic rings. The van der Waals surface area contributed by atoms with Crippen molar-refractivity contribution in [1.29, 1.82) is 0 Å². The first kappa shape index (κ1) is 13.3. The minimum absolute atomic E-state index is 0.00993. The van der Waals surface area contributed by atoms with Gasteiger partial charge in [0.2, 0.25) is 5.88 Å². The summed E-state index contributed by atoms with van der Waals surface area (Å²) >= 11 is 1.54. The molecule has 1 heterocycles. The van der Waals surface area contributed by atoms with Gasteiger partial charge in [-0.25, -0.2) is 9.37 Å². The number of methoxy groups -OCH3 is 1. The van der Waals surface area contributed by atoms with Gasteiger partial charge in [-0.15, -0.1) is 13.2 Å². The summed E-state index contributed by atoms with van der Waals surface area (Å²) in [5.74, 6) is -0.594. The first-order chi connectivity index (χ1) is 7.39. The van der Waals surface area contributed by atoms with E-state index in [-0.39, 0.29) is 15.0 Å². The average molecular weight is 351 g/mol. The standard InChI is InChI=1S/C8H6F4INO2/c1-15-7-4(2-9)6(13)5(3-14-7)16-8(10,11)12/h3H,2H2,1H3. The number of nitrogens with zero attached hydrogens (tertiary/aromatic N) is 1. The van der Waals surface area contributed by atoms with Gasteiger partial charge in [0, 0.05) is 0 Å². The van der Waals surface area contributed by atoms with Gasteiger partial charge in [0.1, 0.15) is 6.67 Å². The lowest BCUT2D eigenvalue weighted by atomic mass is 10.3. The molecule has 0 N–H and O–H groups in total. The Balaban J connectivity index is 3.14. The molecule has 0 atom stereocenters. The third-order valence-corrected chi connectivity index (χ3v) is 2.77. The Hall–Kier alpha value is -0.800. The average Bonchev–Trinajstić information content (AvgIpc) is 2.19. The van der Waals surface area contributed by atoms with E-state index in [1.807, 2.05) is 0 Å². The van der Waals surface area contributed by atoms with Crippen LogP contribution in [0.15, 0.2) is 6.20 Å². The Morgan fingerprint density at radius 3 is 2.50 bits per heavy atom. The summed E-state index contributed by atoms with van der Waals surface area (Å²) in [6, 6.07) is 0. The highest BCUT2D eigenvalue weighted by Gasteiger charge is 2.33. The van der Waals surface area contributed by atoms with Crippen LogP contribution in [-0.4, -0.2) is 18.5 Å². The molecule has 0 unspecified atom stereocenters. The lowest BCUT2D eigenvalue weighted by Crippen LogP contribution is -2.18. The van der Waals surface area contributed by atoms with Crippen LogP contribution in [0.5, 0.6) is 11.6 Å². The van der Waals surface area contributed by atoms with E-state index in [1.165, 1.54) is 7.11 Å². The Kier molecular flexibility index (Phi) is 4.16. The fourth-order valence-corrected chi connectivity index (χ4v) is 1.61.